The molecule has 0 N–H and O–H groups in total. The van der Waals surface area contributed by atoms with Crippen molar-refractivity contribution in [2.24, 2.45) is 5.41 Å². The topological polar surface area (TPSA) is 0 Å². The second-order valence-corrected chi connectivity index (χ2v) is 3.66. The molecule has 1 aliphatic carbocycles. The zero-order valence-corrected chi connectivity index (χ0v) is 8.56. The minimum absolute atomic E-state index is 0.427. The van der Waals surface area contributed by atoms with Crippen molar-refractivity contribution in [1.29, 1.82) is 0 Å². The second-order valence-electron chi connectivity index (χ2n) is 3.66. The second kappa shape index (κ2) is 3.93. The Labute approximate surface area is 76.4 Å². The molecular formula is C12H20. The van der Waals surface area contributed by atoms with E-state index in [1.165, 1.54) is 25.7 Å². The average Bonchev–Trinajstić information content (AvgIpc) is 2.50. The monoisotopic (exact) mass is 164 g/mol. The molecule has 0 bridgehead atoms. The molecule has 0 spiro atoms. The lowest BCUT2D eigenvalue weighted by Crippen LogP contribution is -2.16. The van der Waals surface area contributed by atoms with Crippen LogP contribution in [0.2, 0.25) is 0 Å². The van der Waals surface area contributed by atoms with Gasteiger partial charge in [-0.2, -0.15) is 0 Å². The zero-order valence-electron chi connectivity index (χ0n) is 8.56. The Hall–Kier alpha value is -0.520. The average molecular weight is 164 g/mol. The smallest absolute Gasteiger partial charge is 0.00917 e. The fourth-order valence-electron chi connectivity index (χ4n) is 2.16. The summed E-state index contributed by atoms with van der Waals surface area (Å²) in [7, 11) is 0. The van der Waals surface area contributed by atoms with Crippen LogP contribution in [-0.4, -0.2) is 0 Å². The molecule has 0 atom stereocenters. The summed E-state index contributed by atoms with van der Waals surface area (Å²) >= 11 is 0. The van der Waals surface area contributed by atoms with E-state index in [4.69, 9.17) is 0 Å². The molecular weight excluding hydrogens is 144 g/mol. The molecule has 68 valence electrons. The summed E-state index contributed by atoms with van der Waals surface area (Å²) in [5.41, 5.74) is 2.07. The molecule has 0 aromatic rings. The molecule has 0 amide bonds. The van der Waals surface area contributed by atoms with Crippen LogP contribution in [0.3, 0.4) is 0 Å². The standard InChI is InChI=1S/C12H20/c1-4-8-11-9-7-10-12(11,5-2)6-3/h7,9-10H,4-6,8H2,1-3H3. The molecule has 0 heterocycles. The lowest BCUT2D eigenvalue weighted by atomic mass is 9.76. The molecule has 0 fully saturated rings. The van der Waals surface area contributed by atoms with Crippen molar-refractivity contribution >= 4 is 0 Å². The first-order valence-corrected chi connectivity index (χ1v) is 5.18. The fourth-order valence-corrected chi connectivity index (χ4v) is 2.16. The van der Waals surface area contributed by atoms with E-state index < -0.39 is 0 Å². The minimum Gasteiger partial charge on any atom is -0.0743 e. The van der Waals surface area contributed by atoms with E-state index >= 15 is 0 Å². The number of allylic oxidation sites excluding steroid dienone is 4. The largest absolute Gasteiger partial charge is 0.0743 e. The van der Waals surface area contributed by atoms with E-state index in [1.807, 2.05) is 0 Å². The molecule has 12 heavy (non-hydrogen) atoms. The van der Waals surface area contributed by atoms with Gasteiger partial charge in [-0.25, -0.2) is 0 Å². The van der Waals surface area contributed by atoms with Crippen molar-refractivity contribution in [3.63, 3.8) is 0 Å². The summed E-state index contributed by atoms with van der Waals surface area (Å²) in [6.07, 6.45) is 12.0. The van der Waals surface area contributed by atoms with Crippen LogP contribution in [0.25, 0.3) is 0 Å². The van der Waals surface area contributed by atoms with Gasteiger partial charge in [-0.3, -0.25) is 0 Å². The highest BCUT2D eigenvalue weighted by molar-refractivity contribution is 5.33. The Balaban J connectivity index is 2.75. The van der Waals surface area contributed by atoms with Gasteiger partial charge in [0.1, 0.15) is 0 Å². The highest BCUT2D eigenvalue weighted by Crippen LogP contribution is 2.42. The van der Waals surface area contributed by atoms with E-state index in [-0.39, 0.29) is 0 Å². The van der Waals surface area contributed by atoms with Crippen molar-refractivity contribution in [3.05, 3.63) is 23.8 Å². The molecule has 0 saturated carbocycles. The normalized spacial score (nSPS) is 19.8. The Morgan fingerprint density at radius 1 is 1.17 bits per heavy atom. The molecule has 0 heteroatoms. The number of hydrogen-bond donors (Lipinski definition) is 0. The van der Waals surface area contributed by atoms with Crippen molar-refractivity contribution in [1.82, 2.24) is 0 Å². The molecule has 1 rings (SSSR count). The van der Waals surface area contributed by atoms with E-state index in [9.17, 15) is 0 Å². The maximum Gasteiger partial charge on any atom is 0.00917 e. The van der Waals surface area contributed by atoms with Crippen LogP contribution in [0.1, 0.15) is 46.5 Å². The summed E-state index contributed by atoms with van der Waals surface area (Å²) in [5.74, 6) is 0. The predicted molar refractivity (Wildman–Crippen MR) is 55.1 cm³/mol. The van der Waals surface area contributed by atoms with Gasteiger partial charge in [-0.1, -0.05) is 51.0 Å². The predicted octanol–water partition coefficient (Wildman–Crippen LogP) is 4.09. The minimum atomic E-state index is 0.427. The van der Waals surface area contributed by atoms with E-state index in [1.54, 1.807) is 5.57 Å². The number of hydrogen-bond acceptors (Lipinski definition) is 0. The Morgan fingerprint density at radius 3 is 2.33 bits per heavy atom. The van der Waals surface area contributed by atoms with Gasteiger partial charge < -0.3 is 0 Å². The summed E-state index contributed by atoms with van der Waals surface area (Å²) in [4.78, 5) is 0. The molecule has 1 aliphatic rings. The number of rotatable bonds is 4. The first-order chi connectivity index (χ1) is 5.79. The third-order valence-corrected chi connectivity index (χ3v) is 3.13. The molecule has 0 unspecified atom stereocenters. The summed E-state index contributed by atoms with van der Waals surface area (Å²) in [6.45, 7) is 6.85. The van der Waals surface area contributed by atoms with E-state index in [2.05, 4.69) is 39.0 Å². The van der Waals surface area contributed by atoms with Crippen molar-refractivity contribution < 1.29 is 0 Å². The maximum atomic E-state index is 2.39. The maximum absolute atomic E-state index is 2.39. The third-order valence-electron chi connectivity index (χ3n) is 3.13. The highest BCUT2D eigenvalue weighted by Gasteiger charge is 2.28. The lowest BCUT2D eigenvalue weighted by Gasteiger charge is -2.28. The van der Waals surface area contributed by atoms with Crippen molar-refractivity contribution in [2.45, 2.75) is 46.5 Å². The zero-order chi connectivity index (χ0) is 9.03. The molecule has 0 saturated heterocycles. The van der Waals surface area contributed by atoms with E-state index in [0.717, 1.165) is 0 Å². The van der Waals surface area contributed by atoms with Crippen molar-refractivity contribution in [3.8, 4) is 0 Å². The van der Waals surface area contributed by atoms with Crippen LogP contribution in [0.4, 0.5) is 0 Å². The van der Waals surface area contributed by atoms with Crippen LogP contribution in [0.15, 0.2) is 23.8 Å². The van der Waals surface area contributed by atoms with Gasteiger partial charge >= 0.3 is 0 Å². The summed E-state index contributed by atoms with van der Waals surface area (Å²) in [5, 5.41) is 0. The van der Waals surface area contributed by atoms with Gasteiger partial charge in [0.2, 0.25) is 0 Å². The molecule has 0 nitrogen and oxygen atoms in total. The van der Waals surface area contributed by atoms with Crippen LogP contribution in [0.5, 0.6) is 0 Å². The third kappa shape index (κ3) is 1.48. The SMILES string of the molecule is CCCC1=CC=CC1(CC)CC. The van der Waals surface area contributed by atoms with Crippen LogP contribution in [-0.2, 0) is 0 Å². The van der Waals surface area contributed by atoms with Gasteiger partial charge in [0.05, 0.1) is 0 Å². The van der Waals surface area contributed by atoms with Gasteiger partial charge in [0.25, 0.3) is 0 Å². The fraction of sp³-hybridized carbons (Fsp3) is 0.667. The summed E-state index contributed by atoms with van der Waals surface area (Å²) < 4.78 is 0. The van der Waals surface area contributed by atoms with E-state index in [0.29, 0.717) is 5.41 Å². The van der Waals surface area contributed by atoms with Gasteiger partial charge in [-0.15, -0.1) is 0 Å². The quantitative estimate of drug-likeness (QED) is 0.587. The van der Waals surface area contributed by atoms with Crippen LogP contribution in [0, 0.1) is 5.41 Å². The van der Waals surface area contributed by atoms with Gasteiger partial charge in [0, 0.05) is 5.41 Å². The lowest BCUT2D eigenvalue weighted by molar-refractivity contribution is 0.417. The molecule has 0 radical (unpaired) electrons. The Bertz CT molecular complexity index is 192. The Morgan fingerprint density at radius 2 is 1.83 bits per heavy atom. The molecule has 0 aromatic carbocycles. The van der Waals surface area contributed by atoms with Crippen molar-refractivity contribution in [2.75, 3.05) is 0 Å². The highest BCUT2D eigenvalue weighted by atomic mass is 14.3. The summed E-state index contributed by atoms with van der Waals surface area (Å²) in [6, 6.07) is 0. The van der Waals surface area contributed by atoms with Crippen LogP contribution >= 0.6 is 0 Å². The van der Waals surface area contributed by atoms with Gasteiger partial charge in [0.15, 0.2) is 0 Å². The van der Waals surface area contributed by atoms with Crippen LogP contribution < -0.4 is 0 Å². The first-order valence-electron chi connectivity index (χ1n) is 5.18. The van der Waals surface area contributed by atoms with Gasteiger partial charge in [-0.05, 0) is 19.3 Å². The molecule has 0 aromatic heterocycles. The Kier molecular flexibility index (Phi) is 3.13. The molecule has 0 aliphatic heterocycles. The first kappa shape index (κ1) is 9.57.